The minimum Gasteiger partial charge on any atom is -0.351 e. The van der Waals surface area contributed by atoms with Gasteiger partial charge in [0.2, 0.25) is 10.0 Å². The predicted molar refractivity (Wildman–Crippen MR) is 163 cm³/mol. The molecule has 2 heterocycles. The van der Waals surface area contributed by atoms with E-state index in [9.17, 15) is 17.6 Å². The average molecular weight is 612 g/mol. The largest absolute Gasteiger partial charge is 0.351 e. The van der Waals surface area contributed by atoms with E-state index in [0.717, 1.165) is 73.8 Å². The fourth-order valence-corrected chi connectivity index (χ4v) is 7.12. The molecule has 220 valence electrons. The Bertz CT molecular complexity index is 1340. The number of carbonyl (C=O) groups is 1. The Hall–Kier alpha value is -2.31. The smallest absolute Gasteiger partial charge is 0.251 e. The summed E-state index contributed by atoms with van der Waals surface area (Å²) >= 11 is 1.51. The van der Waals surface area contributed by atoms with Crippen LogP contribution in [0.3, 0.4) is 0 Å². The number of nitrogens with one attached hydrogen (secondary N) is 1. The zero-order valence-electron chi connectivity index (χ0n) is 23.1. The summed E-state index contributed by atoms with van der Waals surface area (Å²) in [6.45, 7) is 9.67. The third kappa shape index (κ3) is 8.13. The van der Waals surface area contributed by atoms with Gasteiger partial charge in [0.1, 0.15) is 5.82 Å². The van der Waals surface area contributed by atoms with Crippen molar-refractivity contribution in [2.45, 2.75) is 44.4 Å². The highest BCUT2D eigenvalue weighted by Crippen LogP contribution is 2.29. The molecule has 1 aromatic heterocycles. The molecule has 8 nitrogen and oxygen atoms in total. The molecular weight excluding hydrogens is 573 g/mol. The van der Waals surface area contributed by atoms with Gasteiger partial charge in [-0.2, -0.15) is 4.31 Å². The summed E-state index contributed by atoms with van der Waals surface area (Å²) in [6, 6.07) is 10.9. The number of benzene rings is 2. The molecule has 2 aromatic carbocycles. The SMILES string of the molecule is CCCCN(CCCC)S(=O)(=O)c1ccc(C(=O)NCCN2CCN(c3nc4ccc(F)cc4s3)CC2)cc1.Cl. The summed E-state index contributed by atoms with van der Waals surface area (Å²) in [4.78, 5) is 22.1. The van der Waals surface area contributed by atoms with Gasteiger partial charge in [0.05, 0.1) is 15.1 Å². The topological polar surface area (TPSA) is 85.8 Å². The third-order valence-electron chi connectivity index (χ3n) is 6.97. The van der Waals surface area contributed by atoms with E-state index in [1.807, 2.05) is 13.8 Å². The van der Waals surface area contributed by atoms with Crippen LogP contribution in [0, 0.1) is 5.82 Å². The van der Waals surface area contributed by atoms with Gasteiger partial charge in [-0.1, -0.05) is 38.0 Å². The van der Waals surface area contributed by atoms with E-state index in [2.05, 4.69) is 20.1 Å². The number of amides is 1. The fourth-order valence-electron chi connectivity index (χ4n) is 4.56. The number of hydrogen-bond donors (Lipinski definition) is 1. The lowest BCUT2D eigenvalue weighted by Gasteiger charge is -2.34. The van der Waals surface area contributed by atoms with Crippen LogP contribution < -0.4 is 10.2 Å². The van der Waals surface area contributed by atoms with E-state index >= 15 is 0 Å². The van der Waals surface area contributed by atoms with E-state index in [1.165, 1.54) is 35.6 Å². The number of carbonyl (C=O) groups excluding carboxylic acids is 1. The molecule has 4 rings (SSSR count). The normalized spacial score (nSPS) is 14.4. The molecule has 1 aliphatic rings. The van der Waals surface area contributed by atoms with Crippen molar-refractivity contribution < 1.29 is 17.6 Å². The zero-order valence-corrected chi connectivity index (χ0v) is 25.6. The van der Waals surface area contributed by atoms with Crippen LogP contribution in [0.25, 0.3) is 10.2 Å². The molecular formula is C28H39ClFN5O3S2. The first kappa shape index (κ1) is 32.2. The Balaban J connectivity index is 0.00000441. The maximum Gasteiger partial charge on any atom is 0.251 e. The van der Waals surface area contributed by atoms with E-state index in [-0.39, 0.29) is 29.0 Å². The Morgan fingerprint density at radius 3 is 2.30 bits per heavy atom. The molecule has 0 unspecified atom stereocenters. The second-order valence-corrected chi connectivity index (χ2v) is 12.8. The number of anilines is 1. The van der Waals surface area contributed by atoms with Crippen molar-refractivity contribution in [2.75, 3.05) is 57.3 Å². The molecule has 1 aliphatic heterocycles. The minimum absolute atomic E-state index is 0. The molecule has 0 saturated carbocycles. The zero-order chi connectivity index (χ0) is 27.8. The van der Waals surface area contributed by atoms with Crippen LogP contribution in [0.5, 0.6) is 0 Å². The second kappa shape index (κ2) is 15.1. The predicted octanol–water partition coefficient (Wildman–Crippen LogP) is 5.00. The lowest BCUT2D eigenvalue weighted by molar-refractivity contribution is 0.0947. The number of unbranched alkanes of at least 4 members (excludes halogenated alkanes) is 2. The van der Waals surface area contributed by atoms with E-state index in [0.29, 0.717) is 25.2 Å². The molecule has 0 spiro atoms. The van der Waals surface area contributed by atoms with E-state index in [4.69, 9.17) is 0 Å². The van der Waals surface area contributed by atoms with E-state index < -0.39 is 10.0 Å². The lowest BCUT2D eigenvalue weighted by Crippen LogP contribution is -2.48. The number of rotatable bonds is 13. The Morgan fingerprint density at radius 1 is 1.02 bits per heavy atom. The first-order chi connectivity index (χ1) is 18.8. The van der Waals surface area contributed by atoms with Crippen molar-refractivity contribution in [3.63, 3.8) is 0 Å². The molecule has 1 fully saturated rings. The first-order valence-corrected chi connectivity index (χ1v) is 16.0. The highest BCUT2D eigenvalue weighted by molar-refractivity contribution is 7.89. The number of piperazine rings is 1. The second-order valence-electron chi connectivity index (χ2n) is 9.83. The van der Waals surface area contributed by atoms with Crippen molar-refractivity contribution in [1.29, 1.82) is 0 Å². The summed E-state index contributed by atoms with van der Waals surface area (Å²) in [5.41, 5.74) is 1.26. The molecule has 1 amide bonds. The molecule has 1 N–H and O–H groups in total. The Kier molecular flexibility index (Phi) is 12.1. The van der Waals surface area contributed by atoms with Crippen LogP contribution in [0.4, 0.5) is 9.52 Å². The minimum atomic E-state index is -3.58. The molecule has 3 aromatic rings. The molecule has 0 bridgehead atoms. The monoisotopic (exact) mass is 611 g/mol. The quantitative estimate of drug-likeness (QED) is 0.293. The summed E-state index contributed by atoms with van der Waals surface area (Å²) in [6.07, 6.45) is 3.50. The summed E-state index contributed by atoms with van der Waals surface area (Å²) in [5.74, 6) is -0.463. The molecule has 1 saturated heterocycles. The molecule has 40 heavy (non-hydrogen) atoms. The van der Waals surface area contributed by atoms with Crippen LogP contribution in [0.1, 0.15) is 49.9 Å². The van der Waals surface area contributed by atoms with Gasteiger partial charge in [-0.15, -0.1) is 12.4 Å². The highest BCUT2D eigenvalue weighted by atomic mass is 35.5. The van der Waals surface area contributed by atoms with Crippen molar-refractivity contribution in [1.82, 2.24) is 19.5 Å². The summed E-state index contributed by atoms with van der Waals surface area (Å²) in [7, 11) is -3.58. The van der Waals surface area contributed by atoms with Gasteiger partial charge in [0.15, 0.2) is 5.13 Å². The standard InChI is InChI=1S/C28H38FN5O3S2.ClH/c1-3-5-14-34(15-6-4-2)39(36,37)24-10-7-22(8-11-24)27(35)30-13-16-32-17-19-33(20-18-32)28-31-25-12-9-23(29)21-26(25)38-28;/h7-12,21H,3-6,13-20H2,1-2H3,(H,30,35);1H. The number of fused-ring (bicyclic) bond motifs is 1. The molecule has 0 radical (unpaired) electrons. The third-order valence-corrected chi connectivity index (χ3v) is 9.96. The number of thiazole rings is 1. The summed E-state index contributed by atoms with van der Waals surface area (Å²) in [5, 5.41) is 3.86. The van der Waals surface area contributed by atoms with Crippen LogP contribution >= 0.6 is 23.7 Å². The number of nitrogens with zero attached hydrogens (tertiary/aromatic N) is 4. The molecule has 0 atom stereocenters. The number of hydrogen-bond acceptors (Lipinski definition) is 7. The maximum absolute atomic E-state index is 13.5. The van der Waals surface area contributed by atoms with E-state index in [1.54, 1.807) is 22.5 Å². The van der Waals surface area contributed by atoms with Gasteiger partial charge in [-0.05, 0) is 55.3 Å². The van der Waals surface area contributed by atoms with Gasteiger partial charge in [0.25, 0.3) is 5.91 Å². The number of aromatic nitrogens is 1. The highest BCUT2D eigenvalue weighted by Gasteiger charge is 2.24. The summed E-state index contributed by atoms with van der Waals surface area (Å²) < 4.78 is 42.2. The Morgan fingerprint density at radius 2 is 1.68 bits per heavy atom. The fraction of sp³-hybridized carbons (Fsp3) is 0.500. The van der Waals surface area contributed by atoms with Gasteiger partial charge in [0, 0.05) is 57.9 Å². The maximum atomic E-state index is 13.5. The van der Waals surface area contributed by atoms with Crippen LogP contribution in [-0.2, 0) is 10.0 Å². The van der Waals surface area contributed by atoms with Gasteiger partial charge in [-0.3, -0.25) is 9.69 Å². The van der Waals surface area contributed by atoms with Crippen LogP contribution in [0.15, 0.2) is 47.4 Å². The Labute approximate surface area is 247 Å². The van der Waals surface area contributed by atoms with Crippen LogP contribution in [-0.4, -0.2) is 80.9 Å². The van der Waals surface area contributed by atoms with Gasteiger partial charge < -0.3 is 10.2 Å². The number of halogens is 2. The average Bonchev–Trinajstić information content (AvgIpc) is 3.36. The van der Waals surface area contributed by atoms with Crippen LogP contribution in [0.2, 0.25) is 0 Å². The van der Waals surface area contributed by atoms with Crippen molar-refractivity contribution in [3.8, 4) is 0 Å². The van der Waals surface area contributed by atoms with Crippen molar-refractivity contribution in [2.24, 2.45) is 0 Å². The first-order valence-electron chi connectivity index (χ1n) is 13.7. The molecule has 0 aliphatic carbocycles. The van der Waals surface area contributed by atoms with Crippen molar-refractivity contribution in [3.05, 3.63) is 53.8 Å². The lowest BCUT2D eigenvalue weighted by atomic mass is 10.2. The van der Waals surface area contributed by atoms with Crippen molar-refractivity contribution >= 4 is 55.0 Å². The van der Waals surface area contributed by atoms with Gasteiger partial charge >= 0.3 is 0 Å². The molecule has 12 heteroatoms. The van der Waals surface area contributed by atoms with Gasteiger partial charge in [-0.25, -0.2) is 17.8 Å². The number of sulfonamides is 1.